The van der Waals surface area contributed by atoms with Crippen LogP contribution in [0.4, 0.5) is 0 Å². The Balaban J connectivity index is 1.48. The zero-order valence-electron chi connectivity index (χ0n) is 12.4. The van der Waals surface area contributed by atoms with Gasteiger partial charge in [0.1, 0.15) is 0 Å². The Morgan fingerprint density at radius 2 is 2.41 bits per heavy atom. The molecule has 118 valence electrons. The Bertz CT molecular complexity index is 622. The molecule has 1 atom stereocenters. The van der Waals surface area contributed by atoms with Crippen molar-refractivity contribution in [2.75, 3.05) is 13.6 Å². The number of aromatic nitrogens is 2. The maximum Gasteiger partial charge on any atom is 0.227 e. The van der Waals surface area contributed by atoms with E-state index in [2.05, 4.69) is 10.1 Å². The van der Waals surface area contributed by atoms with Crippen LogP contribution in [0.3, 0.4) is 0 Å². The van der Waals surface area contributed by atoms with Gasteiger partial charge in [-0.25, -0.2) is 0 Å². The zero-order chi connectivity index (χ0) is 15.5. The fraction of sp³-hybridized carbons (Fsp3) is 0.533. The summed E-state index contributed by atoms with van der Waals surface area (Å²) in [6.45, 7) is 0.396. The predicted molar refractivity (Wildman–Crippen MR) is 82.3 cm³/mol. The highest BCUT2D eigenvalue weighted by Gasteiger charge is 2.31. The second-order valence-electron chi connectivity index (χ2n) is 5.70. The van der Waals surface area contributed by atoms with Crippen molar-refractivity contribution in [3.63, 3.8) is 0 Å². The first kappa shape index (κ1) is 15.2. The van der Waals surface area contributed by atoms with Gasteiger partial charge < -0.3 is 14.5 Å². The van der Waals surface area contributed by atoms with Crippen LogP contribution in [0.25, 0.3) is 11.4 Å². The number of hydrogen-bond donors (Lipinski definition) is 1. The molecule has 1 saturated carbocycles. The van der Waals surface area contributed by atoms with Gasteiger partial charge in [-0.05, 0) is 30.2 Å². The molecule has 0 aromatic carbocycles. The van der Waals surface area contributed by atoms with Crippen LogP contribution < -0.4 is 0 Å². The number of hydrogen-bond acceptors (Lipinski definition) is 6. The van der Waals surface area contributed by atoms with E-state index in [1.807, 2.05) is 16.8 Å². The predicted octanol–water partition coefficient (Wildman–Crippen LogP) is 1.96. The Hall–Kier alpha value is -1.73. The quantitative estimate of drug-likeness (QED) is 0.843. The number of carbonyl (C=O) groups is 1. The summed E-state index contributed by atoms with van der Waals surface area (Å²) in [5.41, 5.74) is 0.927. The van der Waals surface area contributed by atoms with Gasteiger partial charge in [0.05, 0.1) is 6.10 Å². The summed E-state index contributed by atoms with van der Waals surface area (Å²) in [5.74, 6) is 1.38. The average molecular weight is 321 g/mol. The number of amides is 1. The third-order valence-electron chi connectivity index (χ3n) is 3.85. The number of carbonyl (C=O) groups excluding carboxylic acids is 1. The Kier molecular flexibility index (Phi) is 4.54. The maximum absolute atomic E-state index is 12.1. The highest BCUT2D eigenvalue weighted by molar-refractivity contribution is 7.08. The smallest absolute Gasteiger partial charge is 0.227 e. The van der Waals surface area contributed by atoms with Crippen LogP contribution in [-0.4, -0.2) is 45.8 Å². The summed E-state index contributed by atoms with van der Waals surface area (Å²) in [6, 6.07) is 1.93. The molecule has 1 aliphatic rings. The number of rotatable bonds is 7. The van der Waals surface area contributed by atoms with Gasteiger partial charge >= 0.3 is 0 Å². The van der Waals surface area contributed by atoms with Crippen LogP contribution in [0.5, 0.6) is 0 Å². The molecule has 2 aromatic rings. The molecule has 0 spiro atoms. The standard InChI is InChI=1S/C15H19N3O3S/c1-18(8-12(19)10-2-3-10)14(20)5-4-13-16-15(17-21-13)11-6-7-22-9-11/h6-7,9-10,12,19H,2-5,8H2,1H3. The van der Waals surface area contributed by atoms with Gasteiger partial charge in [-0.3, -0.25) is 4.79 Å². The third kappa shape index (κ3) is 3.72. The summed E-state index contributed by atoms with van der Waals surface area (Å²) >= 11 is 1.57. The highest BCUT2D eigenvalue weighted by Crippen LogP contribution is 2.32. The van der Waals surface area contributed by atoms with Gasteiger partial charge in [-0.1, -0.05) is 5.16 Å². The van der Waals surface area contributed by atoms with Crippen molar-refractivity contribution in [1.29, 1.82) is 0 Å². The molecule has 6 nitrogen and oxygen atoms in total. The van der Waals surface area contributed by atoms with E-state index in [-0.39, 0.29) is 5.91 Å². The highest BCUT2D eigenvalue weighted by atomic mass is 32.1. The zero-order valence-corrected chi connectivity index (χ0v) is 13.3. The van der Waals surface area contributed by atoms with Crippen molar-refractivity contribution in [3.8, 4) is 11.4 Å². The number of nitrogens with zero attached hydrogens (tertiary/aromatic N) is 3. The maximum atomic E-state index is 12.1. The molecule has 0 bridgehead atoms. The lowest BCUT2D eigenvalue weighted by Crippen LogP contribution is -2.35. The Morgan fingerprint density at radius 1 is 1.59 bits per heavy atom. The first-order valence-electron chi connectivity index (χ1n) is 7.40. The molecule has 2 aromatic heterocycles. The van der Waals surface area contributed by atoms with Crippen molar-refractivity contribution >= 4 is 17.2 Å². The van der Waals surface area contributed by atoms with E-state index in [0.29, 0.717) is 37.0 Å². The number of aliphatic hydroxyl groups excluding tert-OH is 1. The fourth-order valence-corrected chi connectivity index (χ4v) is 2.92. The molecule has 1 aliphatic carbocycles. The van der Waals surface area contributed by atoms with E-state index >= 15 is 0 Å². The third-order valence-corrected chi connectivity index (χ3v) is 4.54. The van der Waals surface area contributed by atoms with Crippen LogP contribution in [0.1, 0.15) is 25.2 Å². The molecule has 1 amide bonds. The first-order valence-corrected chi connectivity index (χ1v) is 8.35. The van der Waals surface area contributed by atoms with Crippen molar-refractivity contribution in [1.82, 2.24) is 15.0 Å². The molecule has 22 heavy (non-hydrogen) atoms. The second kappa shape index (κ2) is 6.58. The molecular weight excluding hydrogens is 302 g/mol. The normalized spacial score (nSPS) is 15.7. The van der Waals surface area contributed by atoms with E-state index in [9.17, 15) is 9.90 Å². The van der Waals surface area contributed by atoms with Crippen molar-refractivity contribution in [3.05, 3.63) is 22.7 Å². The summed E-state index contributed by atoms with van der Waals surface area (Å²) in [5, 5.41) is 17.7. The van der Waals surface area contributed by atoms with Gasteiger partial charge in [0.2, 0.25) is 17.6 Å². The SMILES string of the molecule is CN(CC(O)C1CC1)C(=O)CCc1nc(-c2ccsc2)no1. The lowest BCUT2D eigenvalue weighted by atomic mass is 10.2. The van der Waals surface area contributed by atoms with Crippen LogP contribution in [-0.2, 0) is 11.2 Å². The lowest BCUT2D eigenvalue weighted by Gasteiger charge is -2.20. The summed E-state index contributed by atoms with van der Waals surface area (Å²) < 4.78 is 5.17. The van der Waals surface area contributed by atoms with Gasteiger partial charge in [0.15, 0.2) is 0 Å². The minimum Gasteiger partial charge on any atom is -0.391 e. The molecule has 1 N–H and O–H groups in total. The topological polar surface area (TPSA) is 79.5 Å². The van der Waals surface area contributed by atoms with Crippen LogP contribution >= 0.6 is 11.3 Å². The van der Waals surface area contributed by atoms with Crippen molar-refractivity contribution in [2.45, 2.75) is 31.8 Å². The summed E-state index contributed by atoms with van der Waals surface area (Å²) in [4.78, 5) is 17.9. The molecule has 1 unspecified atom stereocenters. The van der Waals surface area contributed by atoms with E-state index in [0.717, 1.165) is 18.4 Å². The minimum absolute atomic E-state index is 0.0185. The molecule has 3 rings (SSSR count). The molecule has 1 fully saturated rings. The largest absolute Gasteiger partial charge is 0.391 e. The van der Waals surface area contributed by atoms with Gasteiger partial charge in [0, 0.05) is 37.4 Å². The van der Waals surface area contributed by atoms with E-state index in [1.165, 1.54) is 0 Å². The second-order valence-corrected chi connectivity index (χ2v) is 6.48. The molecule has 2 heterocycles. The molecule has 0 radical (unpaired) electrons. The number of thiophene rings is 1. The number of likely N-dealkylation sites (N-methyl/N-ethyl adjacent to an activating group) is 1. The number of aryl methyl sites for hydroxylation is 1. The average Bonchev–Trinajstić information content (AvgIpc) is 3.02. The number of aliphatic hydroxyl groups is 1. The van der Waals surface area contributed by atoms with E-state index < -0.39 is 6.10 Å². The van der Waals surface area contributed by atoms with E-state index in [1.54, 1.807) is 23.3 Å². The van der Waals surface area contributed by atoms with Gasteiger partial charge in [-0.2, -0.15) is 16.3 Å². The Morgan fingerprint density at radius 3 is 3.09 bits per heavy atom. The summed E-state index contributed by atoms with van der Waals surface area (Å²) in [7, 11) is 1.72. The monoisotopic (exact) mass is 321 g/mol. The molecule has 0 saturated heterocycles. The van der Waals surface area contributed by atoms with E-state index in [4.69, 9.17) is 4.52 Å². The molecule has 0 aliphatic heterocycles. The van der Waals surface area contributed by atoms with Crippen LogP contribution in [0.2, 0.25) is 0 Å². The molecule has 7 heteroatoms. The van der Waals surface area contributed by atoms with Crippen LogP contribution in [0.15, 0.2) is 21.3 Å². The fourth-order valence-electron chi connectivity index (χ4n) is 2.28. The minimum atomic E-state index is -0.400. The lowest BCUT2D eigenvalue weighted by molar-refractivity contribution is -0.131. The van der Waals surface area contributed by atoms with Gasteiger partial charge in [-0.15, -0.1) is 0 Å². The van der Waals surface area contributed by atoms with Crippen LogP contribution in [0, 0.1) is 5.92 Å². The first-order chi connectivity index (χ1) is 10.6. The van der Waals surface area contributed by atoms with Crippen molar-refractivity contribution < 1.29 is 14.4 Å². The molecular formula is C15H19N3O3S. The van der Waals surface area contributed by atoms with Gasteiger partial charge in [0.25, 0.3) is 0 Å². The Labute approximate surface area is 132 Å². The van der Waals surface area contributed by atoms with Crippen molar-refractivity contribution in [2.24, 2.45) is 5.92 Å². The summed E-state index contributed by atoms with van der Waals surface area (Å²) in [6.07, 6.45) is 2.45.